The molecule has 2 rings (SSSR count). The SMILES string of the molecule is CC(C)S(=O)(=O)N(C)C1CC(C)(C)Oc2ccc(C(N)=O)cc21. The van der Waals surface area contributed by atoms with Crippen molar-refractivity contribution in [2.24, 2.45) is 5.73 Å². The molecule has 1 unspecified atom stereocenters. The normalized spacial score (nSPS) is 20.2. The summed E-state index contributed by atoms with van der Waals surface area (Å²) in [6.07, 6.45) is 0.491. The van der Waals surface area contributed by atoms with Gasteiger partial charge in [0.2, 0.25) is 15.9 Å². The Hall–Kier alpha value is -1.60. The van der Waals surface area contributed by atoms with Gasteiger partial charge in [-0.1, -0.05) is 0 Å². The van der Waals surface area contributed by atoms with E-state index >= 15 is 0 Å². The van der Waals surface area contributed by atoms with Gasteiger partial charge in [-0.3, -0.25) is 4.79 Å². The molecule has 0 radical (unpaired) electrons. The molecule has 0 saturated heterocycles. The Bertz CT molecular complexity index is 726. The van der Waals surface area contributed by atoms with Crippen LogP contribution >= 0.6 is 0 Å². The molecule has 1 aromatic rings. The first-order chi connectivity index (χ1) is 10.5. The maximum absolute atomic E-state index is 12.6. The van der Waals surface area contributed by atoms with Gasteiger partial charge in [0.15, 0.2) is 0 Å². The van der Waals surface area contributed by atoms with E-state index in [4.69, 9.17) is 10.5 Å². The Balaban J connectivity index is 2.57. The highest BCUT2D eigenvalue weighted by molar-refractivity contribution is 7.89. The molecular weight excluding hydrogens is 316 g/mol. The Morgan fingerprint density at radius 1 is 1.39 bits per heavy atom. The van der Waals surface area contributed by atoms with E-state index in [0.29, 0.717) is 23.3 Å². The highest BCUT2D eigenvalue weighted by Crippen LogP contribution is 2.43. The lowest BCUT2D eigenvalue weighted by Gasteiger charge is -2.41. The number of primary amides is 1. The summed E-state index contributed by atoms with van der Waals surface area (Å²) in [6, 6.07) is 4.50. The quantitative estimate of drug-likeness (QED) is 0.908. The van der Waals surface area contributed by atoms with Gasteiger partial charge in [-0.15, -0.1) is 0 Å². The van der Waals surface area contributed by atoms with E-state index in [1.807, 2.05) is 13.8 Å². The molecule has 2 N–H and O–H groups in total. The second-order valence-corrected chi connectivity index (χ2v) is 9.36. The van der Waals surface area contributed by atoms with E-state index in [-0.39, 0.29) is 0 Å². The molecule has 23 heavy (non-hydrogen) atoms. The Kier molecular flexibility index (Phi) is 4.47. The number of fused-ring (bicyclic) bond motifs is 1. The first-order valence-electron chi connectivity index (χ1n) is 7.55. The summed E-state index contributed by atoms with van der Waals surface area (Å²) in [4.78, 5) is 11.4. The molecule has 1 aliphatic heterocycles. The van der Waals surface area contributed by atoms with Gasteiger partial charge in [0, 0.05) is 24.6 Å². The number of nitrogens with zero attached hydrogens (tertiary/aromatic N) is 1. The molecule has 128 valence electrons. The van der Waals surface area contributed by atoms with Crippen LogP contribution in [0.15, 0.2) is 18.2 Å². The number of amides is 1. The molecule has 1 heterocycles. The summed E-state index contributed by atoms with van der Waals surface area (Å²) < 4.78 is 32.4. The summed E-state index contributed by atoms with van der Waals surface area (Å²) >= 11 is 0. The second kappa shape index (κ2) is 5.79. The fourth-order valence-corrected chi connectivity index (χ4v) is 4.01. The van der Waals surface area contributed by atoms with Crippen molar-refractivity contribution < 1.29 is 17.9 Å². The Morgan fingerprint density at radius 2 is 2.00 bits per heavy atom. The van der Waals surface area contributed by atoms with E-state index < -0.39 is 32.8 Å². The van der Waals surface area contributed by atoms with Gasteiger partial charge in [-0.05, 0) is 45.9 Å². The minimum absolute atomic E-state index is 0.340. The van der Waals surface area contributed by atoms with Crippen LogP contribution in [0, 0.1) is 0 Å². The Morgan fingerprint density at radius 3 is 2.52 bits per heavy atom. The van der Waals surface area contributed by atoms with Crippen LogP contribution in [0.4, 0.5) is 0 Å². The molecule has 1 aromatic carbocycles. The first kappa shape index (κ1) is 17.7. The van der Waals surface area contributed by atoms with Crippen LogP contribution in [-0.2, 0) is 10.0 Å². The first-order valence-corrected chi connectivity index (χ1v) is 9.05. The smallest absolute Gasteiger partial charge is 0.248 e. The molecule has 0 aromatic heterocycles. The van der Waals surface area contributed by atoms with E-state index in [9.17, 15) is 13.2 Å². The largest absolute Gasteiger partial charge is 0.487 e. The number of hydrogen-bond acceptors (Lipinski definition) is 4. The minimum atomic E-state index is -3.44. The number of sulfonamides is 1. The molecule has 1 amide bonds. The fourth-order valence-electron chi connectivity index (χ4n) is 2.80. The third-order valence-corrected chi connectivity index (χ3v) is 6.41. The van der Waals surface area contributed by atoms with Crippen LogP contribution < -0.4 is 10.5 Å². The third-order valence-electron chi connectivity index (χ3n) is 4.16. The molecule has 6 nitrogen and oxygen atoms in total. The van der Waals surface area contributed by atoms with Gasteiger partial charge < -0.3 is 10.5 Å². The van der Waals surface area contributed by atoms with Gasteiger partial charge in [0.25, 0.3) is 0 Å². The third kappa shape index (κ3) is 3.35. The van der Waals surface area contributed by atoms with Crippen molar-refractivity contribution in [1.82, 2.24) is 4.31 Å². The lowest BCUT2D eigenvalue weighted by Crippen LogP contribution is -2.44. The highest BCUT2D eigenvalue weighted by atomic mass is 32.2. The Labute approximate surface area is 137 Å². The van der Waals surface area contributed by atoms with E-state index in [1.54, 1.807) is 39.1 Å². The lowest BCUT2D eigenvalue weighted by atomic mass is 9.89. The van der Waals surface area contributed by atoms with Crippen LogP contribution in [0.1, 0.15) is 56.1 Å². The van der Waals surface area contributed by atoms with Crippen LogP contribution in [0.3, 0.4) is 0 Å². The second-order valence-electron chi connectivity index (χ2n) is 6.81. The summed E-state index contributed by atoms with van der Waals surface area (Å²) in [6.45, 7) is 7.13. The zero-order valence-electron chi connectivity index (χ0n) is 14.2. The molecule has 0 bridgehead atoms. The summed E-state index contributed by atoms with van der Waals surface area (Å²) in [5, 5.41) is -0.527. The van der Waals surface area contributed by atoms with E-state index in [2.05, 4.69) is 0 Å². The topological polar surface area (TPSA) is 89.7 Å². The number of nitrogens with two attached hydrogens (primary N) is 1. The van der Waals surface area contributed by atoms with Crippen molar-refractivity contribution in [2.75, 3.05) is 7.05 Å². The van der Waals surface area contributed by atoms with Crippen LogP contribution in [0.2, 0.25) is 0 Å². The number of carbonyl (C=O) groups is 1. The van der Waals surface area contributed by atoms with Crippen molar-refractivity contribution in [1.29, 1.82) is 0 Å². The van der Waals surface area contributed by atoms with Gasteiger partial charge in [-0.25, -0.2) is 8.42 Å². The average Bonchev–Trinajstić information content (AvgIpc) is 2.43. The highest BCUT2D eigenvalue weighted by Gasteiger charge is 2.40. The van der Waals surface area contributed by atoms with Crippen molar-refractivity contribution >= 4 is 15.9 Å². The standard InChI is InChI=1S/C16H24N2O4S/c1-10(2)23(20,21)18(5)13-9-16(3,4)22-14-7-6-11(15(17)19)8-12(13)14/h6-8,10,13H,9H2,1-5H3,(H2,17,19). The summed E-state index contributed by atoms with van der Waals surface area (Å²) in [7, 11) is -1.87. The number of hydrogen-bond donors (Lipinski definition) is 1. The minimum Gasteiger partial charge on any atom is -0.487 e. The molecule has 0 fully saturated rings. The number of benzene rings is 1. The summed E-state index contributed by atoms with van der Waals surface area (Å²) in [5.41, 5.74) is 5.85. The van der Waals surface area contributed by atoms with Gasteiger partial charge in [0.1, 0.15) is 11.4 Å². The molecule has 1 aliphatic rings. The van der Waals surface area contributed by atoms with Crippen molar-refractivity contribution in [3.8, 4) is 5.75 Å². The molecular formula is C16H24N2O4S. The van der Waals surface area contributed by atoms with Crippen LogP contribution in [0.25, 0.3) is 0 Å². The van der Waals surface area contributed by atoms with Crippen LogP contribution in [0.5, 0.6) is 5.75 Å². The predicted molar refractivity (Wildman–Crippen MR) is 88.8 cm³/mol. The van der Waals surface area contributed by atoms with Gasteiger partial charge in [-0.2, -0.15) is 4.31 Å². The van der Waals surface area contributed by atoms with Crippen molar-refractivity contribution in [2.45, 2.75) is 51.0 Å². The number of ether oxygens (including phenoxy) is 1. The van der Waals surface area contributed by atoms with Crippen LogP contribution in [-0.4, -0.2) is 36.5 Å². The average molecular weight is 340 g/mol. The van der Waals surface area contributed by atoms with E-state index in [0.717, 1.165) is 0 Å². The predicted octanol–water partition coefficient (Wildman–Crippen LogP) is 2.06. The molecule has 0 aliphatic carbocycles. The van der Waals surface area contributed by atoms with Crippen molar-refractivity contribution in [3.63, 3.8) is 0 Å². The van der Waals surface area contributed by atoms with Gasteiger partial charge in [0.05, 0.1) is 11.3 Å². The molecule has 1 atom stereocenters. The zero-order chi connectivity index (χ0) is 17.6. The van der Waals surface area contributed by atoms with E-state index in [1.165, 1.54) is 4.31 Å². The zero-order valence-corrected chi connectivity index (χ0v) is 15.0. The number of carbonyl (C=O) groups excluding carboxylic acids is 1. The maximum atomic E-state index is 12.6. The lowest BCUT2D eigenvalue weighted by molar-refractivity contribution is 0.0539. The molecule has 0 spiro atoms. The fraction of sp³-hybridized carbons (Fsp3) is 0.562. The maximum Gasteiger partial charge on any atom is 0.248 e. The molecule has 7 heteroatoms. The molecule has 0 saturated carbocycles. The van der Waals surface area contributed by atoms with Gasteiger partial charge >= 0.3 is 0 Å². The monoisotopic (exact) mass is 340 g/mol. The summed E-state index contributed by atoms with van der Waals surface area (Å²) in [5.74, 6) is 0.0350. The number of rotatable bonds is 4. The van der Waals surface area contributed by atoms with Crippen molar-refractivity contribution in [3.05, 3.63) is 29.3 Å².